The first kappa shape index (κ1) is 16.3. The van der Waals surface area contributed by atoms with Crippen molar-refractivity contribution in [1.82, 2.24) is 10.6 Å². The minimum atomic E-state index is -0.00123. The first-order chi connectivity index (χ1) is 10.1. The average Bonchev–Trinajstić information content (AvgIpc) is 2.96. The second kappa shape index (κ2) is 7.28. The summed E-state index contributed by atoms with van der Waals surface area (Å²) in [5.74, 6) is 0.128. The maximum Gasteiger partial charge on any atom is 0.224 e. The number of nitrogens with one attached hydrogen (secondary N) is 2. The lowest BCUT2D eigenvalue weighted by atomic mass is 9.78. The number of hydrogen-bond acceptors (Lipinski definition) is 2. The lowest BCUT2D eigenvalue weighted by molar-refractivity contribution is -0.124. The molecular weight excluding hydrogens is 284 g/mol. The van der Waals surface area contributed by atoms with E-state index in [1.54, 1.807) is 0 Å². The van der Waals surface area contributed by atoms with E-state index >= 15 is 0 Å². The summed E-state index contributed by atoms with van der Waals surface area (Å²) in [4.78, 5) is 12.1. The number of hydrogen-bond donors (Lipinski definition) is 2. The van der Waals surface area contributed by atoms with Crippen molar-refractivity contribution >= 4 is 17.5 Å². The van der Waals surface area contributed by atoms with Crippen LogP contribution in [0.25, 0.3) is 0 Å². The third kappa shape index (κ3) is 3.98. The van der Waals surface area contributed by atoms with E-state index in [1.807, 2.05) is 26.1 Å². The van der Waals surface area contributed by atoms with Crippen LogP contribution in [0.4, 0.5) is 0 Å². The first-order valence-corrected chi connectivity index (χ1v) is 8.13. The van der Waals surface area contributed by atoms with E-state index in [2.05, 4.69) is 22.8 Å². The van der Waals surface area contributed by atoms with Gasteiger partial charge in [-0.2, -0.15) is 0 Å². The molecule has 21 heavy (non-hydrogen) atoms. The van der Waals surface area contributed by atoms with E-state index in [1.165, 1.54) is 18.4 Å². The molecule has 2 rings (SSSR count). The second-order valence-electron chi connectivity index (χ2n) is 6.17. The number of carbonyl (C=O) groups is 1. The molecule has 1 aliphatic carbocycles. The third-order valence-electron chi connectivity index (χ3n) is 4.58. The third-order valence-corrected chi connectivity index (χ3v) is 4.83. The van der Waals surface area contributed by atoms with Gasteiger partial charge in [-0.05, 0) is 37.6 Å². The summed E-state index contributed by atoms with van der Waals surface area (Å²) in [7, 11) is 1.87. The fraction of sp³-hybridized carbons (Fsp3) is 0.588. The largest absolute Gasteiger partial charge is 0.355 e. The van der Waals surface area contributed by atoms with Gasteiger partial charge >= 0.3 is 0 Å². The average molecular weight is 309 g/mol. The van der Waals surface area contributed by atoms with Gasteiger partial charge in [-0.15, -0.1) is 0 Å². The van der Waals surface area contributed by atoms with Gasteiger partial charge in [0, 0.05) is 29.4 Å². The highest BCUT2D eigenvalue weighted by Crippen LogP contribution is 2.40. The molecule has 0 heterocycles. The van der Waals surface area contributed by atoms with Gasteiger partial charge in [0.2, 0.25) is 5.91 Å². The van der Waals surface area contributed by atoms with Crippen molar-refractivity contribution in [3.63, 3.8) is 0 Å². The second-order valence-corrected chi connectivity index (χ2v) is 6.61. The zero-order valence-electron chi connectivity index (χ0n) is 12.9. The molecule has 0 saturated heterocycles. The number of benzene rings is 1. The topological polar surface area (TPSA) is 41.1 Å². The molecule has 2 N–H and O–H groups in total. The molecule has 0 spiro atoms. The molecule has 1 aromatic rings. The normalized spacial score (nSPS) is 18.4. The van der Waals surface area contributed by atoms with Crippen LogP contribution in [0.5, 0.6) is 0 Å². The van der Waals surface area contributed by atoms with E-state index in [-0.39, 0.29) is 17.2 Å². The van der Waals surface area contributed by atoms with Crippen LogP contribution in [0, 0.1) is 5.92 Å². The van der Waals surface area contributed by atoms with Gasteiger partial charge in [0.1, 0.15) is 0 Å². The summed E-state index contributed by atoms with van der Waals surface area (Å²) >= 11 is 5.99. The molecule has 0 bridgehead atoms. The summed E-state index contributed by atoms with van der Waals surface area (Å²) in [6.45, 7) is 3.39. The van der Waals surface area contributed by atoms with Crippen LogP contribution >= 0.6 is 11.6 Å². The molecular formula is C17H25ClN2O. The van der Waals surface area contributed by atoms with Crippen molar-refractivity contribution in [2.24, 2.45) is 5.92 Å². The smallest absolute Gasteiger partial charge is 0.224 e. The molecule has 1 saturated carbocycles. The summed E-state index contributed by atoms with van der Waals surface area (Å²) in [5, 5.41) is 6.96. The Morgan fingerprint density at radius 1 is 1.29 bits per heavy atom. The van der Waals surface area contributed by atoms with Crippen molar-refractivity contribution in [1.29, 1.82) is 0 Å². The van der Waals surface area contributed by atoms with E-state index in [9.17, 15) is 4.79 Å². The molecule has 0 radical (unpaired) electrons. The molecule has 1 unspecified atom stereocenters. The lowest BCUT2D eigenvalue weighted by Crippen LogP contribution is -2.42. The predicted molar refractivity (Wildman–Crippen MR) is 87.7 cm³/mol. The summed E-state index contributed by atoms with van der Waals surface area (Å²) in [6, 6.07) is 8.11. The number of halogens is 1. The van der Waals surface area contributed by atoms with Gasteiger partial charge in [0.05, 0.1) is 0 Å². The van der Waals surface area contributed by atoms with Gasteiger partial charge < -0.3 is 10.6 Å². The minimum absolute atomic E-state index is 0.00123. The van der Waals surface area contributed by atoms with Crippen LogP contribution in [0.1, 0.15) is 38.2 Å². The lowest BCUT2D eigenvalue weighted by Gasteiger charge is -2.30. The molecule has 1 amide bonds. The van der Waals surface area contributed by atoms with E-state index in [0.29, 0.717) is 6.54 Å². The van der Waals surface area contributed by atoms with Gasteiger partial charge in [0.25, 0.3) is 0 Å². The van der Waals surface area contributed by atoms with Crippen LogP contribution in [0.15, 0.2) is 24.3 Å². The number of carbonyl (C=O) groups excluding carboxylic acids is 1. The first-order valence-electron chi connectivity index (χ1n) is 7.76. The molecule has 0 aromatic heterocycles. The molecule has 1 aliphatic rings. The number of rotatable bonds is 6. The van der Waals surface area contributed by atoms with Gasteiger partial charge in [-0.3, -0.25) is 4.79 Å². The Morgan fingerprint density at radius 2 is 1.90 bits per heavy atom. The van der Waals surface area contributed by atoms with Gasteiger partial charge in [-0.25, -0.2) is 0 Å². The maximum absolute atomic E-state index is 12.1. The Bertz CT molecular complexity index is 466. The standard InChI is InChI=1S/C17H25ClN2O/c1-13(11-19-2)16(21)20-12-17(9-3-4-10-17)14-5-7-15(18)8-6-14/h5-8,13,19H,3-4,9-12H2,1-2H3,(H,20,21). The quantitative estimate of drug-likeness (QED) is 0.848. The number of amides is 1. The zero-order chi connectivity index (χ0) is 15.3. The van der Waals surface area contributed by atoms with Gasteiger partial charge in [-0.1, -0.05) is 43.5 Å². The predicted octanol–water partition coefficient (Wildman–Crippen LogP) is 3.12. The highest BCUT2D eigenvalue weighted by molar-refractivity contribution is 6.30. The molecule has 0 aliphatic heterocycles. The molecule has 3 nitrogen and oxygen atoms in total. The Labute approximate surface area is 132 Å². The van der Waals surface area contributed by atoms with Crippen LogP contribution < -0.4 is 10.6 Å². The van der Waals surface area contributed by atoms with E-state index in [0.717, 1.165) is 24.4 Å². The Morgan fingerprint density at radius 3 is 2.48 bits per heavy atom. The maximum atomic E-state index is 12.1. The minimum Gasteiger partial charge on any atom is -0.355 e. The zero-order valence-corrected chi connectivity index (χ0v) is 13.7. The highest BCUT2D eigenvalue weighted by Gasteiger charge is 2.36. The molecule has 1 aromatic carbocycles. The Hall–Kier alpha value is -1.06. The highest BCUT2D eigenvalue weighted by atomic mass is 35.5. The molecule has 116 valence electrons. The van der Waals surface area contributed by atoms with Crippen molar-refractivity contribution in [3.05, 3.63) is 34.9 Å². The summed E-state index contributed by atoms with van der Waals surface area (Å²) < 4.78 is 0. The Kier molecular flexibility index (Phi) is 5.65. The van der Waals surface area contributed by atoms with Crippen molar-refractivity contribution in [3.8, 4) is 0 Å². The van der Waals surface area contributed by atoms with Crippen molar-refractivity contribution < 1.29 is 4.79 Å². The molecule has 1 fully saturated rings. The van der Waals surface area contributed by atoms with Crippen molar-refractivity contribution in [2.45, 2.75) is 38.0 Å². The van der Waals surface area contributed by atoms with Crippen LogP contribution in [-0.4, -0.2) is 26.0 Å². The van der Waals surface area contributed by atoms with E-state index in [4.69, 9.17) is 11.6 Å². The summed E-state index contributed by atoms with van der Waals surface area (Å²) in [6.07, 6.45) is 4.72. The van der Waals surface area contributed by atoms with Crippen LogP contribution in [-0.2, 0) is 10.2 Å². The van der Waals surface area contributed by atoms with Gasteiger partial charge in [0.15, 0.2) is 0 Å². The monoisotopic (exact) mass is 308 g/mol. The van der Waals surface area contributed by atoms with Crippen LogP contribution in [0.2, 0.25) is 5.02 Å². The fourth-order valence-electron chi connectivity index (χ4n) is 3.25. The molecule has 4 heteroatoms. The van der Waals surface area contributed by atoms with Crippen molar-refractivity contribution in [2.75, 3.05) is 20.1 Å². The van der Waals surface area contributed by atoms with Crippen LogP contribution in [0.3, 0.4) is 0 Å². The fourth-order valence-corrected chi connectivity index (χ4v) is 3.38. The van der Waals surface area contributed by atoms with E-state index < -0.39 is 0 Å². The SMILES string of the molecule is CNCC(C)C(=O)NCC1(c2ccc(Cl)cc2)CCCC1. The summed E-state index contributed by atoms with van der Waals surface area (Å²) in [5.41, 5.74) is 1.38. The Balaban J connectivity index is 2.05. The molecule has 1 atom stereocenters.